The lowest BCUT2D eigenvalue weighted by Crippen LogP contribution is -2.00. The van der Waals surface area contributed by atoms with Gasteiger partial charge in [0.15, 0.2) is 0 Å². The third kappa shape index (κ3) is 63.0. The molecule has 1 aromatic carbocycles. The van der Waals surface area contributed by atoms with Crippen LogP contribution in [0.2, 0.25) is 0 Å². The molecule has 2 nitrogen and oxygen atoms in total. The summed E-state index contributed by atoms with van der Waals surface area (Å²) in [6.07, 6.45) is 15.0. The van der Waals surface area contributed by atoms with Gasteiger partial charge in [-0.15, -0.1) is 19.7 Å². The Labute approximate surface area is 202 Å². The normalized spacial score (nSPS) is 7.59. The summed E-state index contributed by atoms with van der Waals surface area (Å²) in [6, 6.07) is 10.3. The zero-order chi connectivity index (χ0) is 25.9. The number of esters is 1. The molecule has 0 fully saturated rings. The van der Waals surface area contributed by atoms with E-state index in [-0.39, 0.29) is 5.97 Å². The lowest BCUT2D eigenvalue weighted by Gasteiger charge is -1.97. The largest absolute Gasteiger partial charge is 0.463 e. The maximum atomic E-state index is 10.3. The Bertz CT molecular complexity index is 475. The van der Waals surface area contributed by atoms with Crippen molar-refractivity contribution in [1.82, 2.24) is 0 Å². The Balaban J connectivity index is -0.0000000970. The van der Waals surface area contributed by atoms with Crippen LogP contribution >= 0.6 is 0 Å². The molecule has 0 atom stereocenters. The number of benzene rings is 1. The van der Waals surface area contributed by atoms with Gasteiger partial charge >= 0.3 is 5.97 Å². The number of rotatable bonds is 9. The van der Waals surface area contributed by atoms with Crippen LogP contribution in [0.25, 0.3) is 0 Å². The molecule has 0 N–H and O–H groups in total. The highest BCUT2D eigenvalue weighted by Gasteiger charge is 1.91. The summed E-state index contributed by atoms with van der Waals surface area (Å²) < 4.78 is 4.67. The first-order chi connectivity index (χ1) is 15.4. The molecular formula is C30H54O2. The summed E-state index contributed by atoms with van der Waals surface area (Å²) in [5.41, 5.74) is 1.32. The minimum atomic E-state index is -0.330. The molecule has 0 aliphatic heterocycles. The summed E-state index contributed by atoms with van der Waals surface area (Å²) in [5, 5.41) is 0. The summed E-state index contributed by atoms with van der Waals surface area (Å²) in [6.45, 7) is 28.5. The summed E-state index contributed by atoms with van der Waals surface area (Å²) in [7, 11) is 0. The number of hydrogen-bond acceptors (Lipinski definition) is 2. The fourth-order valence-electron chi connectivity index (χ4n) is 1.45. The third-order valence-electron chi connectivity index (χ3n) is 3.15. The van der Waals surface area contributed by atoms with Gasteiger partial charge in [0.25, 0.3) is 0 Å². The number of carbonyl (C=O) groups excluding carboxylic acids is 1. The van der Waals surface area contributed by atoms with Crippen molar-refractivity contribution in [3.8, 4) is 0 Å². The lowest BCUT2D eigenvalue weighted by molar-refractivity contribution is -0.137. The van der Waals surface area contributed by atoms with Crippen molar-refractivity contribution < 1.29 is 9.53 Å². The second kappa shape index (κ2) is 46.7. The smallest absolute Gasteiger partial charge is 0.330 e. The molecule has 186 valence electrons. The minimum Gasteiger partial charge on any atom is -0.463 e. The highest BCUT2D eigenvalue weighted by molar-refractivity contribution is 5.81. The molecule has 0 aliphatic carbocycles. The molecule has 0 bridgehead atoms. The highest BCUT2D eigenvalue weighted by Crippen LogP contribution is 1.97. The molecule has 0 aromatic heterocycles. The van der Waals surface area contributed by atoms with Gasteiger partial charge in [0.2, 0.25) is 0 Å². The van der Waals surface area contributed by atoms with Gasteiger partial charge in [0, 0.05) is 6.08 Å². The molecule has 0 radical (unpaired) electrons. The van der Waals surface area contributed by atoms with Crippen molar-refractivity contribution in [2.75, 3.05) is 6.61 Å². The molecule has 0 unspecified atom stereocenters. The molecule has 1 aromatic rings. The van der Waals surface area contributed by atoms with Gasteiger partial charge < -0.3 is 4.74 Å². The van der Waals surface area contributed by atoms with Crippen molar-refractivity contribution >= 4 is 5.97 Å². The van der Waals surface area contributed by atoms with Crippen molar-refractivity contribution in [1.29, 1.82) is 0 Å². The van der Waals surface area contributed by atoms with E-state index in [0.29, 0.717) is 6.61 Å². The van der Waals surface area contributed by atoms with Gasteiger partial charge in [-0.2, -0.15) is 0 Å². The van der Waals surface area contributed by atoms with E-state index in [2.05, 4.69) is 64.0 Å². The van der Waals surface area contributed by atoms with Crippen molar-refractivity contribution in [2.45, 2.75) is 93.4 Å². The SMILES string of the molecule is C=CC.C=CC(=O)OCCCC.C=CCC.C=CCCCCC.CC.Cc1ccccc1. The first-order valence-corrected chi connectivity index (χ1v) is 12.0. The second-order valence-electron chi connectivity index (χ2n) is 6.27. The van der Waals surface area contributed by atoms with Gasteiger partial charge in [0.05, 0.1) is 6.61 Å². The summed E-state index contributed by atoms with van der Waals surface area (Å²) in [4.78, 5) is 10.3. The predicted molar refractivity (Wildman–Crippen MR) is 149 cm³/mol. The average Bonchev–Trinajstić information content (AvgIpc) is 2.83. The van der Waals surface area contributed by atoms with E-state index in [1.807, 2.05) is 58.0 Å². The molecule has 2 heteroatoms. The maximum absolute atomic E-state index is 10.3. The van der Waals surface area contributed by atoms with Crippen LogP contribution in [0.3, 0.4) is 0 Å². The molecule has 0 amide bonds. The van der Waals surface area contributed by atoms with E-state index in [9.17, 15) is 4.79 Å². The number of carbonyl (C=O) groups is 1. The maximum Gasteiger partial charge on any atom is 0.330 e. The monoisotopic (exact) mass is 446 g/mol. The van der Waals surface area contributed by atoms with Crippen LogP contribution in [0.5, 0.6) is 0 Å². The standard InChI is InChI=1S/C7H12O2.C7H8.C7H14.C4H8.C3H6.C2H6/c1-3-5-6-9-7(8)4-2;1-7-5-3-2-4-6-7;1-3-5-7-6-4-2;1-3-4-2;1-3-2;1-2/h4H,2-3,5-6H2,1H3;2-6H,1H3;3H,1,4-7H2,2H3;3H,1,4H2,2H3;3H,1H2,2H3;1-2H3. The number of ether oxygens (including phenoxy) is 1. The van der Waals surface area contributed by atoms with Crippen LogP contribution in [-0.2, 0) is 9.53 Å². The van der Waals surface area contributed by atoms with Crippen LogP contribution in [0, 0.1) is 6.92 Å². The zero-order valence-corrected chi connectivity index (χ0v) is 22.5. The molecule has 0 saturated carbocycles. The Morgan fingerprint density at radius 3 is 1.62 bits per heavy atom. The number of unbranched alkanes of at least 4 members (excludes halogenated alkanes) is 4. The molecule has 0 aliphatic rings. The quantitative estimate of drug-likeness (QED) is 0.163. The lowest BCUT2D eigenvalue weighted by atomic mass is 10.2. The summed E-state index contributed by atoms with van der Waals surface area (Å²) in [5.74, 6) is -0.330. The van der Waals surface area contributed by atoms with Gasteiger partial charge in [-0.25, -0.2) is 4.79 Å². The van der Waals surface area contributed by atoms with Crippen LogP contribution < -0.4 is 0 Å². The Kier molecular flexibility index (Phi) is 58.5. The average molecular weight is 447 g/mol. The van der Waals surface area contributed by atoms with E-state index in [4.69, 9.17) is 0 Å². The number of hydrogen-bond donors (Lipinski definition) is 0. The molecule has 0 heterocycles. The number of allylic oxidation sites excluding steroid dienone is 3. The van der Waals surface area contributed by atoms with Gasteiger partial charge in [-0.1, -0.05) is 115 Å². The van der Waals surface area contributed by atoms with Crippen LogP contribution in [0.1, 0.15) is 92.1 Å². The van der Waals surface area contributed by atoms with Crippen LogP contribution in [-0.4, -0.2) is 12.6 Å². The van der Waals surface area contributed by atoms with E-state index in [0.717, 1.165) is 19.3 Å². The topological polar surface area (TPSA) is 26.3 Å². The van der Waals surface area contributed by atoms with Gasteiger partial charge in [0.1, 0.15) is 0 Å². The molecule has 0 saturated heterocycles. The molecular weight excluding hydrogens is 392 g/mol. The van der Waals surface area contributed by atoms with Gasteiger partial charge in [-0.3, -0.25) is 0 Å². The van der Waals surface area contributed by atoms with Crippen LogP contribution in [0.4, 0.5) is 0 Å². The van der Waals surface area contributed by atoms with E-state index < -0.39 is 0 Å². The van der Waals surface area contributed by atoms with Crippen LogP contribution in [0.15, 0.2) is 81.0 Å². The Morgan fingerprint density at radius 1 is 0.875 bits per heavy atom. The van der Waals surface area contributed by atoms with Crippen molar-refractivity contribution in [3.63, 3.8) is 0 Å². The predicted octanol–water partition coefficient (Wildman–Crippen LogP) is 10.1. The molecule has 1 rings (SSSR count). The minimum absolute atomic E-state index is 0.330. The molecule has 32 heavy (non-hydrogen) atoms. The van der Waals surface area contributed by atoms with Gasteiger partial charge in [-0.05, 0) is 39.5 Å². The zero-order valence-electron chi connectivity index (χ0n) is 22.5. The highest BCUT2D eigenvalue weighted by atomic mass is 16.5. The first kappa shape index (κ1) is 40.1. The number of aryl methyl sites for hydroxylation is 1. The van der Waals surface area contributed by atoms with E-state index >= 15 is 0 Å². The van der Waals surface area contributed by atoms with Crippen molar-refractivity contribution in [2.24, 2.45) is 0 Å². The first-order valence-electron chi connectivity index (χ1n) is 12.0. The van der Waals surface area contributed by atoms with Crippen molar-refractivity contribution in [3.05, 3.63) is 86.5 Å². The van der Waals surface area contributed by atoms with E-state index in [1.54, 1.807) is 6.08 Å². The Morgan fingerprint density at radius 2 is 1.34 bits per heavy atom. The summed E-state index contributed by atoms with van der Waals surface area (Å²) >= 11 is 0. The molecule has 0 spiro atoms. The fraction of sp³-hybridized carbons (Fsp3) is 0.500. The second-order valence-corrected chi connectivity index (χ2v) is 6.27. The Hall–Kier alpha value is -2.35. The van der Waals surface area contributed by atoms with E-state index in [1.165, 1.54) is 37.3 Å². The third-order valence-corrected chi connectivity index (χ3v) is 3.15. The fourth-order valence-corrected chi connectivity index (χ4v) is 1.45.